The van der Waals surface area contributed by atoms with E-state index in [1.54, 1.807) is 30.3 Å². The summed E-state index contributed by atoms with van der Waals surface area (Å²) in [5, 5.41) is 8.41. The van der Waals surface area contributed by atoms with Crippen LogP contribution in [0.4, 0.5) is 0 Å². The fourth-order valence-corrected chi connectivity index (χ4v) is 2.17. The molecule has 5 heteroatoms. The Balaban J connectivity index is 2.08. The zero-order chi connectivity index (χ0) is 16.5. The van der Waals surface area contributed by atoms with Gasteiger partial charge in [0.15, 0.2) is 6.61 Å². The number of nitrogens with one attached hydrogen (secondary N) is 1. The minimum absolute atomic E-state index is 0.210. The third kappa shape index (κ3) is 4.56. The van der Waals surface area contributed by atoms with Gasteiger partial charge in [-0.05, 0) is 29.7 Å². The summed E-state index contributed by atoms with van der Waals surface area (Å²) in [5.74, 6) is 0.0242. The van der Waals surface area contributed by atoms with E-state index in [0.29, 0.717) is 17.9 Å². The number of aryl methyl sites for hydroxylation is 1. The number of carbonyl (C=O) groups is 1. The molecule has 0 saturated heterocycles. The summed E-state index contributed by atoms with van der Waals surface area (Å²) < 4.78 is 5.81. The molecular weight excluding hydrogens is 292 g/mol. The second kappa shape index (κ2) is 8.57. The molecule has 0 fully saturated rings. The molecule has 0 aliphatic carbocycles. The van der Waals surface area contributed by atoms with Gasteiger partial charge < -0.3 is 4.74 Å². The van der Waals surface area contributed by atoms with Crippen molar-refractivity contribution in [2.45, 2.75) is 20.0 Å². The Morgan fingerprint density at radius 3 is 2.57 bits per heavy atom. The first-order chi connectivity index (χ1) is 11.3. The zero-order valence-electron chi connectivity index (χ0n) is 12.9. The second-order valence-electron chi connectivity index (χ2n) is 4.79. The van der Waals surface area contributed by atoms with Gasteiger partial charge in [-0.15, -0.1) is 0 Å². The number of para-hydroxylation sites is 1. The van der Waals surface area contributed by atoms with Crippen LogP contribution in [0.3, 0.4) is 0 Å². The number of ether oxygens (including phenoxy) is 1. The van der Waals surface area contributed by atoms with Crippen molar-refractivity contribution in [1.82, 2.24) is 5.48 Å². The van der Waals surface area contributed by atoms with Crippen LogP contribution in [-0.2, 0) is 17.9 Å². The quantitative estimate of drug-likeness (QED) is 0.630. The van der Waals surface area contributed by atoms with E-state index < -0.39 is 5.91 Å². The van der Waals surface area contributed by atoms with Crippen molar-refractivity contribution < 1.29 is 14.4 Å². The van der Waals surface area contributed by atoms with Crippen molar-refractivity contribution >= 4 is 5.91 Å². The van der Waals surface area contributed by atoms with E-state index in [1.807, 2.05) is 18.2 Å². The molecule has 0 heterocycles. The van der Waals surface area contributed by atoms with Crippen LogP contribution in [0.2, 0.25) is 0 Å². The molecule has 0 saturated carbocycles. The number of nitrogens with zero attached hydrogens (tertiary/aromatic N) is 1. The maximum Gasteiger partial charge on any atom is 0.278 e. The molecule has 0 unspecified atom stereocenters. The second-order valence-corrected chi connectivity index (χ2v) is 4.79. The van der Waals surface area contributed by atoms with E-state index in [1.165, 1.54) is 5.56 Å². The van der Waals surface area contributed by atoms with E-state index in [-0.39, 0.29) is 6.61 Å². The minimum atomic E-state index is -0.445. The Morgan fingerprint density at radius 1 is 1.13 bits per heavy atom. The molecule has 118 valence electrons. The van der Waals surface area contributed by atoms with Gasteiger partial charge in [0, 0.05) is 0 Å². The number of hydrogen-bond acceptors (Lipinski definition) is 4. The predicted molar refractivity (Wildman–Crippen MR) is 85.6 cm³/mol. The lowest BCUT2D eigenvalue weighted by Crippen LogP contribution is -2.24. The van der Waals surface area contributed by atoms with Crippen molar-refractivity contribution in [3.63, 3.8) is 0 Å². The molecule has 0 atom stereocenters. The topological polar surface area (TPSA) is 71.3 Å². The fraction of sp³-hybridized carbons (Fsp3) is 0.222. The average molecular weight is 310 g/mol. The Hall–Kier alpha value is -2.84. The van der Waals surface area contributed by atoms with Crippen LogP contribution < -0.4 is 10.2 Å². The SMILES string of the molecule is CCc1ccccc1COc1ccccc1C(=O)NOCC#N. The molecule has 0 radical (unpaired) electrons. The van der Waals surface area contributed by atoms with Crippen LogP contribution in [0.5, 0.6) is 5.75 Å². The van der Waals surface area contributed by atoms with Crippen molar-refractivity contribution in [3.8, 4) is 11.8 Å². The van der Waals surface area contributed by atoms with Gasteiger partial charge in [-0.1, -0.05) is 43.3 Å². The number of hydroxylamine groups is 1. The molecule has 0 aliphatic rings. The third-order valence-electron chi connectivity index (χ3n) is 3.32. The molecule has 2 aromatic carbocycles. The Kier molecular flexibility index (Phi) is 6.16. The molecule has 0 aliphatic heterocycles. The van der Waals surface area contributed by atoms with E-state index in [0.717, 1.165) is 12.0 Å². The number of benzene rings is 2. The molecule has 0 aromatic heterocycles. The van der Waals surface area contributed by atoms with Gasteiger partial charge in [0.05, 0.1) is 11.6 Å². The maximum atomic E-state index is 12.0. The number of hydrogen-bond donors (Lipinski definition) is 1. The average Bonchev–Trinajstić information content (AvgIpc) is 2.60. The summed E-state index contributed by atoms with van der Waals surface area (Å²) in [4.78, 5) is 16.8. The van der Waals surface area contributed by atoms with E-state index in [4.69, 9.17) is 14.8 Å². The van der Waals surface area contributed by atoms with Crippen LogP contribution in [0, 0.1) is 11.3 Å². The minimum Gasteiger partial charge on any atom is -0.488 e. The van der Waals surface area contributed by atoms with Gasteiger partial charge in [0.2, 0.25) is 0 Å². The van der Waals surface area contributed by atoms with E-state index in [2.05, 4.69) is 18.5 Å². The van der Waals surface area contributed by atoms with Gasteiger partial charge in [-0.25, -0.2) is 5.48 Å². The Labute approximate surface area is 135 Å². The lowest BCUT2D eigenvalue weighted by Gasteiger charge is -2.13. The molecule has 1 amide bonds. The number of nitriles is 1. The number of carbonyl (C=O) groups excluding carboxylic acids is 1. The van der Waals surface area contributed by atoms with Crippen LogP contribution >= 0.6 is 0 Å². The lowest BCUT2D eigenvalue weighted by atomic mass is 10.1. The summed E-state index contributed by atoms with van der Waals surface area (Å²) in [6, 6.07) is 16.7. The summed E-state index contributed by atoms with van der Waals surface area (Å²) in [7, 11) is 0. The van der Waals surface area contributed by atoms with Gasteiger partial charge in [-0.3, -0.25) is 9.63 Å². The first-order valence-corrected chi connectivity index (χ1v) is 7.34. The Bertz CT molecular complexity index is 707. The van der Waals surface area contributed by atoms with E-state index in [9.17, 15) is 4.79 Å². The van der Waals surface area contributed by atoms with Gasteiger partial charge in [0.1, 0.15) is 12.4 Å². The number of amides is 1. The van der Waals surface area contributed by atoms with Crippen molar-refractivity contribution in [2.24, 2.45) is 0 Å². The van der Waals surface area contributed by atoms with Gasteiger partial charge >= 0.3 is 0 Å². The molecule has 23 heavy (non-hydrogen) atoms. The van der Waals surface area contributed by atoms with Crippen molar-refractivity contribution in [2.75, 3.05) is 6.61 Å². The van der Waals surface area contributed by atoms with Crippen molar-refractivity contribution in [3.05, 3.63) is 65.2 Å². The zero-order valence-corrected chi connectivity index (χ0v) is 12.9. The van der Waals surface area contributed by atoms with Gasteiger partial charge in [0.25, 0.3) is 5.91 Å². The lowest BCUT2D eigenvalue weighted by molar-refractivity contribution is 0.0431. The standard InChI is InChI=1S/C18H18N2O3/c1-2-14-7-3-4-8-15(14)13-22-17-10-6-5-9-16(17)18(21)20-23-12-11-19/h3-10H,2,12-13H2,1H3,(H,20,21). The molecule has 2 aromatic rings. The van der Waals surface area contributed by atoms with Crippen LogP contribution in [0.25, 0.3) is 0 Å². The summed E-state index contributed by atoms with van der Waals surface area (Å²) in [6.07, 6.45) is 0.920. The summed E-state index contributed by atoms with van der Waals surface area (Å²) in [5.41, 5.74) is 4.88. The van der Waals surface area contributed by atoms with Crippen LogP contribution in [-0.4, -0.2) is 12.5 Å². The van der Waals surface area contributed by atoms with Crippen molar-refractivity contribution in [1.29, 1.82) is 5.26 Å². The predicted octanol–water partition coefficient (Wildman–Crippen LogP) is 3.01. The normalized spacial score (nSPS) is 9.91. The molecule has 0 spiro atoms. The Morgan fingerprint density at radius 2 is 1.83 bits per heavy atom. The first-order valence-electron chi connectivity index (χ1n) is 7.34. The summed E-state index contributed by atoms with van der Waals surface area (Å²) >= 11 is 0. The molecule has 5 nitrogen and oxygen atoms in total. The third-order valence-corrected chi connectivity index (χ3v) is 3.32. The molecule has 2 rings (SSSR count). The molecule has 1 N–H and O–H groups in total. The number of rotatable bonds is 7. The van der Waals surface area contributed by atoms with Crippen LogP contribution in [0.1, 0.15) is 28.4 Å². The largest absolute Gasteiger partial charge is 0.488 e. The van der Waals surface area contributed by atoms with Gasteiger partial charge in [-0.2, -0.15) is 5.26 Å². The monoisotopic (exact) mass is 310 g/mol. The first kappa shape index (κ1) is 16.5. The highest BCUT2D eigenvalue weighted by Crippen LogP contribution is 2.20. The molecule has 0 bridgehead atoms. The van der Waals surface area contributed by atoms with Crippen LogP contribution in [0.15, 0.2) is 48.5 Å². The fourth-order valence-electron chi connectivity index (χ4n) is 2.17. The summed E-state index contributed by atoms with van der Waals surface area (Å²) in [6.45, 7) is 2.26. The highest BCUT2D eigenvalue weighted by atomic mass is 16.6. The smallest absolute Gasteiger partial charge is 0.278 e. The molecular formula is C18H18N2O3. The highest BCUT2D eigenvalue weighted by molar-refractivity contribution is 5.96. The highest BCUT2D eigenvalue weighted by Gasteiger charge is 2.12. The van der Waals surface area contributed by atoms with E-state index >= 15 is 0 Å². The maximum absolute atomic E-state index is 12.0.